The molecule has 1 aromatic heterocycles. The van der Waals surface area contributed by atoms with Gasteiger partial charge in [0.15, 0.2) is 0 Å². The third-order valence-corrected chi connectivity index (χ3v) is 7.30. The van der Waals surface area contributed by atoms with Crippen molar-refractivity contribution < 1.29 is 13.2 Å². The first-order valence-corrected chi connectivity index (χ1v) is 10.8. The van der Waals surface area contributed by atoms with Gasteiger partial charge in [-0.05, 0) is 42.2 Å². The molecule has 0 bridgehead atoms. The Kier molecular flexibility index (Phi) is 5.72. The van der Waals surface area contributed by atoms with Crippen LogP contribution >= 0.6 is 0 Å². The molecule has 3 rings (SSSR count). The van der Waals surface area contributed by atoms with Crippen LogP contribution in [0.3, 0.4) is 0 Å². The molecule has 0 aliphatic carbocycles. The summed E-state index contributed by atoms with van der Waals surface area (Å²) in [5.74, 6) is 0.353. The van der Waals surface area contributed by atoms with Crippen LogP contribution in [0.25, 0.3) is 0 Å². The van der Waals surface area contributed by atoms with Gasteiger partial charge >= 0.3 is 0 Å². The number of carbonyl (C=O) groups excluding carboxylic acids is 1. The molecular weight excluding hydrogens is 362 g/mol. The fourth-order valence-electron chi connectivity index (χ4n) is 3.33. The molecule has 146 valence electrons. The minimum Gasteiger partial charge on any atom is -0.347 e. The maximum Gasteiger partial charge on any atom is 0.270 e. The van der Waals surface area contributed by atoms with Crippen LogP contribution in [0.1, 0.15) is 42.2 Å². The van der Waals surface area contributed by atoms with Crippen LogP contribution in [-0.4, -0.2) is 54.3 Å². The molecule has 2 heterocycles. The zero-order valence-corrected chi connectivity index (χ0v) is 16.9. The lowest BCUT2D eigenvalue weighted by Gasteiger charge is -2.34. The van der Waals surface area contributed by atoms with E-state index in [-0.39, 0.29) is 5.91 Å². The number of aromatic nitrogens is 1. The van der Waals surface area contributed by atoms with Gasteiger partial charge in [0.25, 0.3) is 5.91 Å². The maximum absolute atomic E-state index is 12.9. The van der Waals surface area contributed by atoms with Crippen LogP contribution in [0.15, 0.2) is 47.5 Å². The van der Waals surface area contributed by atoms with Gasteiger partial charge in [-0.3, -0.25) is 4.79 Å². The average Bonchev–Trinajstić information content (AvgIpc) is 3.13. The molecule has 27 heavy (non-hydrogen) atoms. The Morgan fingerprint density at radius 3 is 2.22 bits per heavy atom. The molecule has 7 heteroatoms. The van der Waals surface area contributed by atoms with Crippen molar-refractivity contribution in [2.75, 3.05) is 26.2 Å². The topological polar surface area (TPSA) is 62.6 Å². The third kappa shape index (κ3) is 3.94. The van der Waals surface area contributed by atoms with Crippen LogP contribution in [0.2, 0.25) is 0 Å². The molecule has 0 radical (unpaired) electrons. The second-order valence-corrected chi connectivity index (χ2v) is 9.02. The van der Waals surface area contributed by atoms with Crippen LogP contribution < -0.4 is 0 Å². The van der Waals surface area contributed by atoms with E-state index in [0.717, 1.165) is 12.0 Å². The molecule has 1 saturated heterocycles. The van der Waals surface area contributed by atoms with Gasteiger partial charge < -0.3 is 9.47 Å². The summed E-state index contributed by atoms with van der Waals surface area (Å²) in [7, 11) is -1.70. The van der Waals surface area contributed by atoms with Gasteiger partial charge in [-0.2, -0.15) is 4.31 Å². The molecule has 1 aliphatic heterocycles. The van der Waals surface area contributed by atoms with E-state index < -0.39 is 10.0 Å². The number of benzene rings is 1. The van der Waals surface area contributed by atoms with Gasteiger partial charge in [-0.1, -0.05) is 26.0 Å². The number of amides is 1. The predicted octanol–water partition coefficient (Wildman–Crippen LogP) is 2.69. The van der Waals surface area contributed by atoms with Crippen molar-refractivity contribution in [2.45, 2.75) is 31.1 Å². The number of rotatable bonds is 5. The first-order valence-electron chi connectivity index (χ1n) is 9.35. The molecule has 0 saturated carbocycles. The van der Waals surface area contributed by atoms with Gasteiger partial charge in [-0.25, -0.2) is 8.42 Å². The quantitative estimate of drug-likeness (QED) is 0.790. The zero-order chi connectivity index (χ0) is 19.6. The summed E-state index contributed by atoms with van der Waals surface area (Å²) < 4.78 is 29.1. The van der Waals surface area contributed by atoms with Crippen molar-refractivity contribution >= 4 is 15.9 Å². The van der Waals surface area contributed by atoms with Crippen molar-refractivity contribution in [1.82, 2.24) is 13.8 Å². The number of aryl methyl sites for hydroxylation is 1. The standard InChI is InChI=1S/C20H27N3O3S/c1-4-16(2)17-7-9-18(10-8-17)27(25,26)23-14-12-22(13-15-23)20(24)19-6-5-11-21(19)3/h5-11,16H,4,12-15H2,1-3H3. The monoisotopic (exact) mass is 389 g/mol. The van der Waals surface area contributed by atoms with Gasteiger partial charge in [0, 0.05) is 39.4 Å². The lowest BCUT2D eigenvalue weighted by Crippen LogP contribution is -2.50. The lowest BCUT2D eigenvalue weighted by atomic mass is 9.99. The number of piperazine rings is 1. The normalized spacial score (nSPS) is 17.1. The Labute approximate surface area is 161 Å². The molecule has 0 N–H and O–H groups in total. The maximum atomic E-state index is 12.9. The largest absolute Gasteiger partial charge is 0.347 e. The fraction of sp³-hybridized carbons (Fsp3) is 0.450. The highest BCUT2D eigenvalue weighted by Crippen LogP contribution is 2.23. The molecule has 2 aromatic rings. The average molecular weight is 390 g/mol. The van der Waals surface area contributed by atoms with Gasteiger partial charge in [0.2, 0.25) is 10.0 Å². The van der Waals surface area contributed by atoms with Gasteiger partial charge in [0.1, 0.15) is 5.69 Å². The minimum absolute atomic E-state index is 0.0579. The molecule has 1 fully saturated rings. The number of nitrogens with zero attached hydrogens (tertiary/aromatic N) is 3. The Balaban J connectivity index is 1.68. The van der Waals surface area contributed by atoms with Crippen LogP contribution in [0.5, 0.6) is 0 Å². The van der Waals surface area contributed by atoms with E-state index in [1.165, 1.54) is 4.31 Å². The Hall–Kier alpha value is -2.12. The summed E-state index contributed by atoms with van der Waals surface area (Å²) in [6.45, 7) is 5.66. The van der Waals surface area contributed by atoms with Gasteiger partial charge in [0.05, 0.1) is 4.90 Å². The third-order valence-electron chi connectivity index (χ3n) is 5.39. The van der Waals surface area contributed by atoms with Crippen molar-refractivity contribution in [3.05, 3.63) is 53.9 Å². The van der Waals surface area contributed by atoms with E-state index in [2.05, 4.69) is 13.8 Å². The number of hydrogen-bond acceptors (Lipinski definition) is 3. The van der Waals surface area contributed by atoms with Crippen molar-refractivity contribution in [2.24, 2.45) is 7.05 Å². The van der Waals surface area contributed by atoms with Crippen LogP contribution in [-0.2, 0) is 17.1 Å². The summed E-state index contributed by atoms with van der Waals surface area (Å²) in [6, 6.07) is 10.8. The van der Waals surface area contributed by atoms with Crippen molar-refractivity contribution in [3.8, 4) is 0 Å². The molecule has 1 aliphatic rings. The predicted molar refractivity (Wildman–Crippen MR) is 105 cm³/mol. The molecule has 1 amide bonds. The molecule has 1 atom stereocenters. The Bertz CT molecular complexity index is 895. The molecule has 6 nitrogen and oxygen atoms in total. The summed E-state index contributed by atoms with van der Waals surface area (Å²) in [4.78, 5) is 14.6. The minimum atomic E-state index is -3.53. The smallest absolute Gasteiger partial charge is 0.270 e. The summed E-state index contributed by atoms with van der Waals surface area (Å²) in [5, 5.41) is 0. The second kappa shape index (κ2) is 7.86. The fourth-order valence-corrected chi connectivity index (χ4v) is 4.75. The second-order valence-electron chi connectivity index (χ2n) is 7.08. The van der Waals surface area contributed by atoms with E-state index in [0.29, 0.717) is 42.7 Å². The highest BCUT2D eigenvalue weighted by Gasteiger charge is 2.31. The molecule has 1 unspecified atom stereocenters. The van der Waals surface area contributed by atoms with E-state index in [1.54, 1.807) is 27.7 Å². The highest BCUT2D eigenvalue weighted by molar-refractivity contribution is 7.89. The summed E-state index contributed by atoms with van der Waals surface area (Å²) in [5.41, 5.74) is 1.77. The van der Waals surface area contributed by atoms with E-state index in [1.807, 2.05) is 31.4 Å². The molecular formula is C20H27N3O3S. The van der Waals surface area contributed by atoms with Crippen LogP contribution in [0.4, 0.5) is 0 Å². The Morgan fingerprint density at radius 2 is 1.70 bits per heavy atom. The molecule has 0 spiro atoms. The number of hydrogen-bond donors (Lipinski definition) is 0. The number of carbonyl (C=O) groups is 1. The number of sulfonamides is 1. The highest BCUT2D eigenvalue weighted by atomic mass is 32.2. The van der Waals surface area contributed by atoms with Gasteiger partial charge in [-0.15, -0.1) is 0 Å². The van der Waals surface area contributed by atoms with E-state index in [9.17, 15) is 13.2 Å². The lowest BCUT2D eigenvalue weighted by molar-refractivity contribution is 0.0688. The van der Waals surface area contributed by atoms with E-state index in [4.69, 9.17) is 0 Å². The van der Waals surface area contributed by atoms with Crippen molar-refractivity contribution in [1.29, 1.82) is 0 Å². The van der Waals surface area contributed by atoms with E-state index >= 15 is 0 Å². The SMILES string of the molecule is CCC(C)c1ccc(S(=O)(=O)N2CCN(C(=O)c3cccn3C)CC2)cc1. The Morgan fingerprint density at radius 1 is 1.07 bits per heavy atom. The first kappa shape index (κ1) is 19.6. The van der Waals surface area contributed by atoms with Crippen molar-refractivity contribution in [3.63, 3.8) is 0 Å². The van der Waals surface area contributed by atoms with Crippen LogP contribution in [0, 0.1) is 0 Å². The molecule has 1 aromatic carbocycles. The zero-order valence-electron chi connectivity index (χ0n) is 16.1. The first-order chi connectivity index (χ1) is 12.8. The summed E-state index contributed by atoms with van der Waals surface area (Å²) >= 11 is 0. The summed E-state index contributed by atoms with van der Waals surface area (Å²) in [6.07, 6.45) is 2.85.